The lowest BCUT2D eigenvalue weighted by Crippen LogP contribution is -1.98. The van der Waals surface area contributed by atoms with Crippen LogP contribution in [0.5, 0.6) is 0 Å². The minimum atomic E-state index is -1.01. The van der Waals surface area contributed by atoms with Gasteiger partial charge in [-0.15, -0.1) is 0 Å². The summed E-state index contributed by atoms with van der Waals surface area (Å²) in [4.78, 5) is 0. The van der Waals surface area contributed by atoms with Gasteiger partial charge in [-0.05, 0) is 29.8 Å². The summed E-state index contributed by atoms with van der Waals surface area (Å²) in [7, 11) is 0. The predicted molar refractivity (Wildman–Crippen MR) is 71.7 cm³/mol. The molecule has 3 rings (SSSR count). The summed E-state index contributed by atoms with van der Waals surface area (Å²) in [6.07, 6.45) is -1.01. The molecule has 1 unspecified atom stereocenters. The van der Waals surface area contributed by atoms with Crippen LogP contribution in [-0.2, 0) is 0 Å². The van der Waals surface area contributed by atoms with Crippen LogP contribution in [0, 0.1) is 5.82 Å². The van der Waals surface area contributed by atoms with Crippen molar-refractivity contribution in [3.8, 4) is 0 Å². The highest BCUT2D eigenvalue weighted by Gasteiger charge is 2.17. The molecule has 0 radical (unpaired) electrons. The molecule has 1 atom stereocenters. The number of hydrogen-bond donors (Lipinski definition) is 1. The summed E-state index contributed by atoms with van der Waals surface area (Å²) < 4.78 is 18.7. The summed E-state index contributed by atoms with van der Waals surface area (Å²) in [5.41, 5.74) is 0.963. The quantitative estimate of drug-likeness (QED) is 0.757. The fourth-order valence-corrected chi connectivity index (χ4v) is 2.24. The minimum absolute atomic E-state index is 0.341. The molecule has 0 bridgehead atoms. The van der Waals surface area contributed by atoms with E-state index >= 15 is 0 Å². The molecule has 1 N–H and O–H groups in total. The van der Waals surface area contributed by atoms with Crippen molar-refractivity contribution in [3.05, 3.63) is 70.7 Å². The van der Waals surface area contributed by atoms with Gasteiger partial charge in [0.1, 0.15) is 17.7 Å². The maximum Gasteiger partial charge on any atom is 0.153 e. The van der Waals surface area contributed by atoms with Gasteiger partial charge in [-0.3, -0.25) is 0 Å². The molecular formula is C15H10ClFO2. The van der Waals surface area contributed by atoms with Crippen LogP contribution in [0.2, 0.25) is 5.02 Å². The zero-order valence-electron chi connectivity index (χ0n) is 9.81. The van der Waals surface area contributed by atoms with Gasteiger partial charge >= 0.3 is 0 Å². The summed E-state index contributed by atoms with van der Waals surface area (Å²) >= 11 is 6.01. The van der Waals surface area contributed by atoms with Crippen molar-refractivity contribution >= 4 is 22.6 Å². The molecule has 2 aromatic carbocycles. The Morgan fingerprint density at radius 3 is 2.63 bits per heavy atom. The van der Waals surface area contributed by atoms with Crippen molar-refractivity contribution in [1.82, 2.24) is 0 Å². The zero-order chi connectivity index (χ0) is 13.4. The van der Waals surface area contributed by atoms with Crippen LogP contribution in [-0.4, -0.2) is 5.11 Å². The van der Waals surface area contributed by atoms with Crippen molar-refractivity contribution in [2.24, 2.45) is 0 Å². The smallest absolute Gasteiger partial charge is 0.153 e. The third-order valence-corrected chi connectivity index (χ3v) is 3.25. The third kappa shape index (κ3) is 2.23. The molecule has 1 heterocycles. The van der Waals surface area contributed by atoms with E-state index in [1.165, 1.54) is 12.1 Å². The van der Waals surface area contributed by atoms with Crippen molar-refractivity contribution in [3.63, 3.8) is 0 Å². The van der Waals surface area contributed by atoms with E-state index in [4.69, 9.17) is 16.0 Å². The molecule has 0 fully saturated rings. The number of rotatable bonds is 2. The van der Waals surface area contributed by atoms with Crippen LogP contribution >= 0.6 is 11.6 Å². The molecule has 0 saturated carbocycles. The second-order valence-electron chi connectivity index (χ2n) is 4.26. The molecule has 3 aromatic rings. The number of furan rings is 1. The first-order chi connectivity index (χ1) is 9.15. The van der Waals surface area contributed by atoms with Crippen LogP contribution < -0.4 is 0 Å². The van der Waals surface area contributed by atoms with Gasteiger partial charge in [0.25, 0.3) is 0 Å². The summed E-state index contributed by atoms with van der Waals surface area (Å²) in [6.45, 7) is 0. The number of para-hydroxylation sites is 1. The third-order valence-electron chi connectivity index (χ3n) is 2.95. The van der Waals surface area contributed by atoms with E-state index in [0.29, 0.717) is 21.9 Å². The van der Waals surface area contributed by atoms with E-state index in [-0.39, 0.29) is 0 Å². The van der Waals surface area contributed by atoms with Gasteiger partial charge in [0.15, 0.2) is 5.58 Å². The molecule has 0 aliphatic heterocycles. The Morgan fingerprint density at radius 1 is 1.11 bits per heavy atom. The van der Waals surface area contributed by atoms with Crippen molar-refractivity contribution in [1.29, 1.82) is 0 Å². The molecule has 1 aromatic heterocycles. The standard InChI is InChI=1S/C15H10ClFO2/c16-12-6-2-4-10-8-13(19-15(10)12)14(18)9-3-1-5-11(17)7-9/h1-8,14,18H. The van der Waals surface area contributed by atoms with Crippen molar-refractivity contribution in [2.75, 3.05) is 0 Å². The summed E-state index contributed by atoms with van der Waals surface area (Å²) in [5.74, 6) is -0.0561. The van der Waals surface area contributed by atoms with Gasteiger partial charge < -0.3 is 9.52 Å². The summed E-state index contributed by atoms with van der Waals surface area (Å²) in [6, 6.07) is 12.9. The van der Waals surface area contributed by atoms with E-state index in [1.807, 2.05) is 6.07 Å². The van der Waals surface area contributed by atoms with Crippen LogP contribution in [0.25, 0.3) is 11.0 Å². The van der Waals surface area contributed by atoms with Gasteiger partial charge in [0.2, 0.25) is 0 Å². The Balaban J connectivity index is 2.06. The first kappa shape index (κ1) is 12.2. The number of benzene rings is 2. The number of fused-ring (bicyclic) bond motifs is 1. The Morgan fingerprint density at radius 2 is 1.89 bits per heavy atom. The molecule has 0 amide bonds. The number of aliphatic hydroxyl groups is 1. The number of hydrogen-bond acceptors (Lipinski definition) is 2. The number of aliphatic hydroxyl groups excluding tert-OH is 1. The highest BCUT2D eigenvalue weighted by molar-refractivity contribution is 6.34. The van der Waals surface area contributed by atoms with Gasteiger partial charge in [-0.1, -0.05) is 35.9 Å². The molecule has 4 heteroatoms. The lowest BCUT2D eigenvalue weighted by molar-refractivity contribution is 0.192. The van der Waals surface area contributed by atoms with Crippen LogP contribution in [0.1, 0.15) is 17.4 Å². The van der Waals surface area contributed by atoms with Gasteiger partial charge in [-0.25, -0.2) is 4.39 Å². The van der Waals surface area contributed by atoms with E-state index < -0.39 is 11.9 Å². The van der Waals surface area contributed by atoms with E-state index in [9.17, 15) is 9.50 Å². The normalized spacial score (nSPS) is 12.8. The second-order valence-corrected chi connectivity index (χ2v) is 4.67. The van der Waals surface area contributed by atoms with Gasteiger partial charge in [0.05, 0.1) is 5.02 Å². The molecule has 0 spiro atoms. The number of halogens is 2. The molecule has 96 valence electrons. The average Bonchev–Trinajstić information content (AvgIpc) is 2.83. The lowest BCUT2D eigenvalue weighted by atomic mass is 10.1. The highest BCUT2D eigenvalue weighted by Crippen LogP contribution is 2.31. The summed E-state index contributed by atoms with van der Waals surface area (Å²) in [5, 5.41) is 11.5. The Kier molecular flexibility index (Phi) is 3.01. The maximum atomic E-state index is 13.1. The van der Waals surface area contributed by atoms with E-state index in [2.05, 4.69) is 0 Å². The maximum absolute atomic E-state index is 13.1. The largest absolute Gasteiger partial charge is 0.456 e. The van der Waals surface area contributed by atoms with Crippen LogP contribution in [0.15, 0.2) is 52.9 Å². The molecule has 0 saturated heterocycles. The predicted octanol–water partition coefficient (Wildman–Crippen LogP) is 4.31. The topological polar surface area (TPSA) is 33.4 Å². The first-order valence-electron chi connectivity index (χ1n) is 5.76. The molecule has 0 aliphatic rings. The van der Waals surface area contributed by atoms with Gasteiger partial charge in [-0.2, -0.15) is 0 Å². The fraction of sp³-hybridized carbons (Fsp3) is 0.0667. The average molecular weight is 277 g/mol. The zero-order valence-corrected chi connectivity index (χ0v) is 10.6. The fourth-order valence-electron chi connectivity index (χ4n) is 2.02. The monoisotopic (exact) mass is 276 g/mol. The second kappa shape index (κ2) is 4.68. The molecule has 19 heavy (non-hydrogen) atoms. The van der Waals surface area contributed by atoms with Crippen LogP contribution in [0.3, 0.4) is 0 Å². The lowest BCUT2D eigenvalue weighted by Gasteiger charge is -2.07. The molecule has 0 aliphatic carbocycles. The Labute approximate surface area is 114 Å². The minimum Gasteiger partial charge on any atom is -0.456 e. The van der Waals surface area contributed by atoms with E-state index in [1.54, 1.807) is 30.3 Å². The Hall–Kier alpha value is -1.84. The van der Waals surface area contributed by atoms with Gasteiger partial charge in [0, 0.05) is 5.39 Å². The highest BCUT2D eigenvalue weighted by atomic mass is 35.5. The molecule has 2 nitrogen and oxygen atoms in total. The SMILES string of the molecule is OC(c1cccc(F)c1)c1cc2cccc(Cl)c2o1. The van der Waals surface area contributed by atoms with Crippen molar-refractivity contribution < 1.29 is 13.9 Å². The van der Waals surface area contributed by atoms with Crippen LogP contribution in [0.4, 0.5) is 4.39 Å². The van der Waals surface area contributed by atoms with E-state index in [0.717, 1.165) is 5.39 Å². The van der Waals surface area contributed by atoms with Crippen molar-refractivity contribution in [2.45, 2.75) is 6.10 Å². The first-order valence-corrected chi connectivity index (χ1v) is 6.14. The Bertz CT molecular complexity index is 736. The molecular weight excluding hydrogens is 267 g/mol.